The molecule has 1 aliphatic heterocycles. The molecule has 1 fully saturated rings. The summed E-state index contributed by atoms with van der Waals surface area (Å²) in [5.41, 5.74) is 1.91. The molecule has 2 aliphatic rings. The van der Waals surface area contributed by atoms with Crippen molar-refractivity contribution in [2.24, 2.45) is 23.7 Å². The van der Waals surface area contributed by atoms with Crippen molar-refractivity contribution in [2.75, 3.05) is 12.4 Å². The average Bonchev–Trinajstić information content (AvgIpc) is 2.79. The summed E-state index contributed by atoms with van der Waals surface area (Å²) in [6.07, 6.45) is 3.65. The molecule has 1 heterocycles. The summed E-state index contributed by atoms with van der Waals surface area (Å²) in [5.74, 6) is -2.04. The average molecular weight is 340 g/mol. The Labute approximate surface area is 148 Å². The highest BCUT2D eigenvalue weighted by molar-refractivity contribution is 6.09. The van der Waals surface area contributed by atoms with Crippen LogP contribution in [-0.2, 0) is 14.4 Å². The van der Waals surface area contributed by atoms with Gasteiger partial charge in [0, 0.05) is 12.7 Å². The molecule has 3 amide bonds. The summed E-state index contributed by atoms with van der Waals surface area (Å²) < 4.78 is 0. The largest absolute Gasteiger partial charge is 0.326 e. The van der Waals surface area contributed by atoms with Crippen LogP contribution in [0, 0.1) is 23.7 Å². The van der Waals surface area contributed by atoms with Gasteiger partial charge in [-0.1, -0.05) is 45.1 Å². The first-order valence-electron chi connectivity index (χ1n) is 8.71. The molecule has 0 aromatic heterocycles. The highest BCUT2D eigenvalue weighted by Gasteiger charge is 2.53. The minimum atomic E-state index is -0.604. The zero-order chi connectivity index (χ0) is 18.3. The van der Waals surface area contributed by atoms with Crippen molar-refractivity contribution in [2.45, 2.75) is 26.7 Å². The van der Waals surface area contributed by atoms with Crippen LogP contribution in [0.5, 0.6) is 0 Å². The predicted molar refractivity (Wildman–Crippen MR) is 95.7 cm³/mol. The topological polar surface area (TPSA) is 66.5 Å². The number of rotatable bonds is 3. The van der Waals surface area contributed by atoms with Crippen molar-refractivity contribution in [1.29, 1.82) is 0 Å². The van der Waals surface area contributed by atoms with E-state index in [-0.39, 0.29) is 23.6 Å². The number of nitrogens with zero attached hydrogens (tertiary/aromatic N) is 1. The quantitative estimate of drug-likeness (QED) is 0.680. The van der Waals surface area contributed by atoms with Crippen LogP contribution >= 0.6 is 0 Å². The van der Waals surface area contributed by atoms with Gasteiger partial charge in [-0.3, -0.25) is 19.3 Å². The standard InChI is InChI=1S/C20H24N2O3/c1-11(2)13-6-8-14(9-7-13)21-18(23)16-12(3)5-10-15-17(16)20(25)22(4)19(15)24/h5-12,15-17H,1-4H3,(H,21,23)/t12-,15+,16-,17-/m1/s1. The number of hydrogen-bond acceptors (Lipinski definition) is 3. The number of imide groups is 1. The van der Waals surface area contributed by atoms with Crippen LogP contribution in [0.2, 0.25) is 0 Å². The van der Waals surface area contributed by atoms with Gasteiger partial charge in [0.15, 0.2) is 0 Å². The van der Waals surface area contributed by atoms with Gasteiger partial charge in [0.2, 0.25) is 17.7 Å². The molecule has 0 unspecified atom stereocenters. The van der Waals surface area contributed by atoms with Crippen molar-refractivity contribution in [3.8, 4) is 0 Å². The Kier molecular flexibility index (Phi) is 4.50. The van der Waals surface area contributed by atoms with E-state index in [2.05, 4.69) is 19.2 Å². The van der Waals surface area contributed by atoms with Gasteiger partial charge in [-0.2, -0.15) is 0 Å². The summed E-state index contributed by atoms with van der Waals surface area (Å²) in [6.45, 7) is 6.14. The van der Waals surface area contributed by atoms with Crippen LogP contribution in [0.3, 0.4) is 0 Å². The fraction of sp³-hybridized carbons (Fsp3) is 0.450. The van der Waals surface area contributed by atoms with Crippen molar-refractivity contribution in [3.05, 3.63) is 42.0 Å². The van der Waals surface area contributed by atoms with Gasteiger partial charge < -0.3 is 5.32 Å². The smallest absolute Gasteiger partial charge is 0.236 e. The van der Waals surface area contributed by atoms with Crippen molar-refractivity contribution in [1.82, 2.24) is 4.90 Å². The monoisotopic (exact) mass is 340 g/mol. The lowest BCUT2D eigenvalue weighted by Gasteiger charge is -2.30. The molecular formula is C20H24N2O3. The molecule has 1 aliphatic carbocycles. The third kappa shape index (κ3) is 2.99. The molecule has 1 saturated heterocycles. The summed E-state index contributed by atoms with van der Waals surface area (Å²) in [5, 5.41) is 2.92. The van der Waals surface area contributed by atoms with Crippen molar-refractivity contribution < 1.29 is 14.4 Å². The lowest BCUT2D eigenvalue weighted by Crippen LogP contribution is -2.41. The lowest BCUT2D eigenvalue weighted by atomic mass is 9.71. The number of carbonyl (C=O) groups is 3. The van der Waals surface area contributed by atoms with Gasteiger partial charge >= 0.3 is 0 Å². The number of allylic oxidation sites excluding steroid dienone is 1. The van der Waals surface area contributed by atoms with Gasteiger partial charge in [0.25, 0.3) is 0 Å². The Balaban J connectivity index is 1.82. The van der Waals surface area contributed by atoms with E-state index >= 15 is 0 Å². The summed E-state index contributed by atoms with van der Waals surface area (Å²) in [4.78, 5) is 38.7. The van der Waals surface area contributed by atoms with Crippen LogP contribution in [0.15, 0.2) is 36.4 Å². The van der Waals surface area contributed by atoms with Gasteiger partial charge in [0.1, 0.15) is 0 Å². The minimum absolute atomic E-state index is 0.0977. The molecule has 0 bridgehead atoms. The maximum absolute atomic E-state index is 12.9. The third-order valence-corrected chi connectivity index (χ3v) is 5.34. The number of benzene rings is 1. The highest BCUT2D eigenvalue weighted by Crippen LogP contribution is 2.41. The summed E-state index contributed by atoms with van der Waals surface area (Å²) >= 11 is 0. The predicted octanol–water partition coefficient (Wildman–Crippen LogP) is 2.80. The molecule has 0 radical (unpaired) electrons. The Morgan fingerprint density at radius 2 is 1.72 bits per heavy atom. The fourth-order valence-corrected chi connectivity index (χ4v) is 3.76. The molecule has 1 aromatic carbocycles. The summed E-state index contributed by atoms with van der Waals surface area (Å²) in [6, 6.07) is 7.74. The second kappa shape index (κ2) is 6.47. The molecular weight excluding hydrogens is 316 g/mol. The van der Waals surface area contributed by atoms with Gasteiger partial charge in [-0.25, -0.2) is 0 Å². The normalized spacial score (nSPS) is 28.4. The number of likely N-dealkylation sites (tertiary alicyclic amines) is 1. The molecule has 1 aromatic rings. The molecule has 25 heavy (non-hydrogen) atoms. The Morgan fingerprint density at radius 3 is 2.32 bits per heavy atom. The van der Waals surface area contributed by atoms with Crippen LogP contribution in [0.1, 0.15) is 32.3 Å². The van der Waals surface area contributed by atoms with Gasteiger partial charge in [-0.05, 0) is 29.5 Å². The molecule has 0 spiro atoms. The zero-order valence-electron chi connectivity index (χ0n) is 15.0. The van der Waals surface area contributed by atoms with Crippen LogP contribution in [0.25, 0.3) is 0 Å². The number of hydrogen-bond donors (Lipinski definition) is 1. The first-order valence-corrected chi connectivity index (χ1v) is 8.71. The van der Waals surface area contributed by atoms with Gasteiger partial charge in [-0.15, -0.1) is 0 Å². The summed E-state index contributed by atoms with van der Waals surface area (Å²) in [7, 11) is 1.49. The highest BCUT2D eigenvalue weighted by atomic mass is 16.2. The number of nitrogens with one attached hydrogen (secondary N) is 1. The number of carbonyl (C=O) groups excluding carboxylic acids is 3. The van der Waals surface area contributed by atoms with Crippen LogP contribution < -0.4 is 5.32 Å². The molecule has 5 nitrogen and oxygen atoms in total. The van der Waals surface area contributed by atoms with E-state index in [0.29, 0.717) is 11.6 Å². The van der Waals surface area contributed by atoms with Gasteiger partial charge in [0.05, 0.1) is 17.8 Å². The fourth-order valence-electron chi connectivity index (χ4n) is 3.76. The molecule has 3 rings (SSSR count). The second-order valence-electron chi connectivity index (χ2n) is 7.32. The lowest BCUT2D eigenvalue weighted by molar-refractivity contribution is -0.140. The molecule has 0 saturated carbocycles. The maximum Gasteiger partial charge on any atom is 0.236 e. The first-order chi connectivity index (χ1) is 11.8. The number of anilines is 1. The van der Waals surface area contributed by atoms with E-state index in [1.165, 1.54) is 12.6 Å². The zero-order valence-corrected chi connectivity index (χ0v) is 15.0. The third-order valence-electron chi connectivity index (χ3n) is 5.34. The minimum Gasteiger partial charge on any atom is -0.326 e. The van der Waals surface area contributed by atoms with Crippen molar-refractivity contribution >= 4 is 23.4 Å². The molecule has 5 heteroatoms. The van der Waals surface area contributed by atoms with E-state index in [4.69, 9.17) is 0 Å². The Bertz CT molecular complexity index is 736. The van der Waals surface area contributed by atoms with E-state index in [1.54, 1.807) is 6.08 Å². The van der Waals surface area contributed by atoms with Crippen LogP contribution in [0.4, 0.5) is 5.69 Å². The van der Waals surface area contributed by atoms with E-state index < -0.39 is 17.8 Å². The van der Waals surface area contributed by atoms with E-state index in [9.17, 15) is 14.4 Å². The molecule has 4 atom stereocenters. The Hall–Kier alpha value is -2.43. The molecule has 132 valence electrons. The number of amides is 3. The first kappa shape index (κ1) is 17.4. The maximum atomic E-state index is 12.9. The van der Waals surface area contributed by atoms with Crippen molar-refractivity contribution in [3.63, 3.8) is 0 Å². The number of fused-ring (bicyclic) bond motifs is 1. The van der Waals surface area contributed by atoms with E-state index in [0.717, 1.165) is 4.90 Å². The van der Waals surface area contributed by atoms with Crippen LogP contribution in [-0.4, -0.2) is 29.7 Å². The Morgan fingerprint density at radius 1 is 1.08 bits per heavy atom. The SMILES string of the molecule is CC(C)c1ccc(NC(=O)[C@H]2[C@@H]3C(=O)N(C)C(=O)[C@H]3C=C[C@H]2C)cc1. The van der Waals surface area contributed by atoms with E-state index in [1.807, 2.05) is 37.3 Å². The second-order valence-corrected chi connectivity index (χ2v) is 7.32. The molecule has 1 N–H and O–H groups in total.